The molecular weight excluding hydrogens is 388 g/mol. The molecule has 0 saturated heterocycles. The van der Waals surface area contributed by atoms with E-state index < -0.39 is 15.4 Å². The van der Waals surface area contributed by atoms with Crippen molar-refractivity contribution in [2.75, 3.05) is 22.8 Å². The summed E-state index contributed by atoms with van der Waals surface area (Å²) in [5.74, 6) is 0.407. The molecule has 0 spiro atoms. The molecule has 0 fully saturated rings. The molecule has 1 aliphatic heterocycles. The number of hydrogen-bond donors (Lipinski definition) is 1. The maximum atomic E-state index is 12.9. The van der Waals surface area contributed by atoms with Gasteiger partial charge in [-0.2, -0.15) is 0 Å². The van der Waals surface area contributed by atoms with Crippen molar-refractivity contribution in [1.29, 1.82) is 0 Å². The topological polar surface area (TPSA) is 75.7 Å². The van der Waals surface area contributed by atoms with E-state index in [9.17, 15) is 13.2 Å². The van der Waals surface area contributed by atoms with Crippen LogP contribution >= 0.6 is 0 Å². The summed E-state index contributed by atoms with van der Waals surface area (Å²) in [5.41, 5.74) is 2.12. The van der Waals surface area contributed by atoms with Crippen LogP contribution in [0.15, 0.2) is 42.5 Å². The quantitative estimate of drug-likeness (QED) is 0.769. The molecule has 0 saturated carbocycles. The molecule has 0 radical (unpaired) electrons. The van der Waals surface area contributed by atoms with Gasteiger partial charge in [-0.25, -0.2) is 8.42 Å². The Morgan fingerprint density at radius 1 is 1.17 bits per heavy atom. The molecular formula is C22H28N2O4S. The molecule has 1 amide bonds. The second-order valence-corrected chi connectivity index (χ2v) is 9.82. The maximum absolute atomic E-state index is 12.9. The van der Waals surface area contributed by atoms with Crippen LogP contribution in [0.4, 0.5) is 11.4 Å². The molecule has 6 nitrogen and oxygen atoms in total. The first-order valence-corrected chi connectivity index (χ1v) is 11.4. The zero-order valence-electron chi connectivity index (χ0n) is 17.4. The smallest absolute Gasteiger partial charge is 0.236 e. The van der Waals surface area contributed by atoms with Crippen molar-refractivity contribution >= 4 is 27.3 Å². The van der Waals surface area contributed by atoms with E-state index in [0.717, 1.165) is 17.5 Å². The molecule has 1 aliphatic rings. The van der Waals surface area contributed by atoms with E-state index >= 15 is 0 Å². The second kappa shape index (κ2) is 8.06. The van der Waals surface area contributed by atoms with Gasteiger partial charge in [0.05, 0.1) is 22.5 Å². The van der Waals surface area contributed by atoms with Crippen molar-refractivity contribution in [3.63, 3.8) is 0 Å². The highest BCUT2D eigenvalue weighted by Gasteiger charge is 2.37. The summed E-state index contributed by atoms with van der Waals surface area (Å²) in [6.07, 6.45) is 0.812. The van der Waals surface area contributed by atoms with E-state index in [1.165, 1.54) is 0 Å². The molecule has 2 aromatic rings. The van der Waals surface area contributed by atoms with Crippen LogP contribution in [0.1, 0.15) is 38.3 Å². The normalized spacial score (nSPS) is 16.0. The lowest BCUT2D eigenvalue weighted by Gasteiger charge is -2.27. The number of amides is 1. The predicted octanol–water partition coefficient (Wildman–Crippen LogP) is 4.10. The highest BCUT2D eigenvalue weighted by molar-refractivity contribution is 7.91. The number of sulfonamides is 1. The van der Waals surface area contributed by atoms with Crippen LogP contribution in [-0.4, -0.2) is 27.5 Å². The van der Waals surface area contributed by atoms with Gasteiger partial charge in [-0.05, 0) is 50.5 Å². The number of fused-ring (bicyclic) bond motifs is 1. The van der Waals surface area contributed by atoms with E-state index in [2.05, 4.69) is 4.72 Å². The van der Waals surface area contributed by atoms with E-state index in [0.29, 0.717) is 23.7 Å². The van der Waals surface area contributed by atoms with Crippen LogP contribution in [-0.2, 0) is 20.6 Å². The average molecular weight is 417 g/mol. The summed E-state index contributed by atoms with van der Waals surface area (Å²) in [6.45, 7) is 8.43. The first-order chi connectivity index (χ1) is 13.6. The van der Waals surface area contributed by atoms with Gasteiger partial charge < -0.3 is 9.64 Å². The van der Waals surface area contributed by atoms with Crippen LogP contribution < -0.4 is 14.4 Å². The SMILES string of the molecule is CCCN1C(=O)C(C)(C)COc2cc(NS(=O)(=O)Cc3ccccc3C)ccc21. The van der Waals surface area contributed by atoms with Gasteiger partial charge in [0.25, 0.3) is 0 Å². The molecule has 2 aromatic carbocycles. The minimum Gasteiger partial charge on any atom is -0.490 e. The minimum absolute atomic E-state index is 0.00554. The van der Waals surface area contributed by atoms with E-state index in [1.54, 1.807) is 23.1 Å². The van der Waals surface area contributed by atoms with Gasteiger partial charge >= 0.3 is 0 Å². The average Bonchev–Trinajstić information content (AvgIpc) is 2.74. The number of carbonyl (C=O) groups is 1. The van der Waals surface area contributed by atoms with Crippen LogP contribution in [0.3, 0.4) is 0 Å². The molecule has 0 aromatic heterocycles. The summed E-state index contributed by atoms with van der Waals surface area (Å²) >= 11 is 0. The number of benzene rings is 2. The van der Waals surface area contributed by atoms with Gasteiger partial charge in [0, 0.05) is 12.6 Å². The maximum Gasteiger partial charge on any atom is 0.236 e. The molecule has 156 valence electrons. The zero-order valence-corrected chi connectivity index (χ0v) is 18.2. The van der Waals surface area contributed by atoms with Gasteiger partial charge in [0.1, 0.15) is 12.4 Å². The van der Waals surface area contributed by atoms with Crippen molar-refractivity contribution in [2.45, 2.75) is 39.9 Å². The van der Waals surface area contributed by atoms with Crippen LogP contribution in [0.25, 0.3) is 0 Å². The predicted molar refractivity (Wildman–Crippen MR) is 116 cm³/mol. The Kier molecular flexibility index (Phi) is 5.89. The Labute approximate surface area is 172 Å². The number of anilines is 2. The number of nitrogens with zero attached hydrogens (tertiary/aromatic N) is 1. The summed E-state index contributed by atoms with van der Waals surface area (Å²) in [7, 11) is -3.59. The van der Waals surface area contributed by atoms with Crippen molar-refractivity contribution in [3.8, 4) is 5.75 Å². The Hall–Kier alpha value is -2.54. The third-order valence-corrected chi connectivity index (χ3v) is 6.23. The molecule has 1 N–H and O–H groups in total. The largest absolute Gasteiger partial charge is 0.490 e. The van der Waals surface area contributed by atoms with Crippen LogP contribution in [0.5, 0.6) is 5.75 Å². The number of aryl methyl sites for hydroxylation is 1. The van der Waals surface area contributed by atoms with E-state index in [4.69, 9.17) is 4.74 Å². The van der Waals surface area contributed by atoms with Gasteiger partial charge in [-0.1, -0.05) is 31.2 Å². The lowest BCUT2D eigenvalue weighted by molar-refractivity contribution is -0.127. The van der Waals surface area contributed by atoms with Gasteiger partial charge in [-0.15, -0.1) is 0 Å². The fourth-order valence-electron chi connectivity index (χ4n) is 3.35. The van der Waals surface area contributed by atoms with Gasteiger partial charge in [-0.3, -0.25) is 9.52 Å². The summed E-state index contributed by atoms with van der Waals surface area (Å²) < 4.78 is 33.9. The Balaban J connectivity index is 1.88. The first-order valence-electron chi connectivity index (χ1n) is 9.77. The molecule has 3 rings (SSSR count). The highest BCUT2D eigenvalue weighted by Crippen LogP contribution is 2.38. The molecule has 0 unspecified atom stereocenters. The lowest BCUT2D eigenvalue weighted by Crippen LogP contribution is -2.42. The van der Waals surface area contributed by atoms with Gasteiger partial charge in [0.15, 0.2) is 0 Å². The highest BCUT2D eigenvalue weighted by atomic mass is 32.2. The van der Waals surface area contributed by atoms with Crippen LogP contribution in [0, 0.1) is 12.3 Å². The second-order valence-electron chi connectivity index (χ2n) is 8.10. The Morgan fingerprint density at radius 3 is 2.59 bits per heavy atom. The first kappa shape index (κ1) is 21.2. The molecule has 0 aliphatic carbocycles. The lowest BCUT2D eigenvalue weighted by atomic mass is 9.93. The fraction of sp³-hybridized carbons (Fsp3) is 0.409. The van der Waals surface area contributed by atoms with E-state index in [1.807, 2.05) is 52.0 Å². The van der Waals surface area contributed by atoms with Gasteiger partial charge in [0.2, 0.25) is 15.9 Å². The molecule has 0 bridgehead atoms. The van der Waals surface area contributed by atoms with Crippen molar-refractivity contribution in [1.82, 2.24) is 0 Å². The third kappa shape index (κ3) is 4.72. The molecule has 7 heteroatoms. The minimum atomic E-state index is -3.59. The summed E-state index contributed by atoms with van der Waals surface area (Å²) in [5, 5.41) is 0. The van der Waals surface area contributed by atoms with E-state index in [-0.39, 0.29) is 18.3 Å². The molecule has 1 heterocycles. The Morgan fingerprint density at radius 2 is 1.90 bits per heavy atom. The van der Waals surface area contributed by atoms with Crippen molar-refractivity contribution < 1.29 is 17.9 Å². The zero-order chi connectivity index (χ0) is 21.2. The number of hydrogen-bond acceptors (Lipinski definition) is 4. The molecule has 29 heavy (non-hydrogen) atoms. The summed E-state index contributed by atoms with van der Waals surface area (Å²) in [4.78, 5) is 14.6. The number of nitrogens with one attached hydrogen (secondary N) is 1. The third-order valence-electron chi connectivity index (χ3n) is 4.99. The monoisotopic (exact) mass is 416 g/mol. The number of ether oxygens (including phenoxy) is 1. The molecule has 0 atom stereocenters. The summed E-state index contributed by atoms with van der Waals surface area (Å²) in [6, 6.07) is 12.5. The van der Waals surface area contributed by atoms with Crippen LogP contribution in [0.2, 0.25) is 0 Å². The fourth-order valence-corrected chi connectivity index (χ4v) is 4.64. The number of carbonyl (C=O) groups excluding carboxylic acids is 1. The standard InChI is InChI=1S/C22H28N2O4S/c1-5-12-24-19-11-10-18(13-20(19)28-15-22(3,4)21(24)25)23-29(26,27)14-17-9-7-6-8-16(17)2/h6-11,13,23H,5,12,14-15H2,1-4H3. The van der Waals surface area contributed by atoms with Crippen molar-refractivity contribution in [3.05, 3.63) is 53.6 Å². The Bertz CT molecular complexity index is 1020. The number of rotatable bonds is 6. The van der Waals surface area contributed by atoms with Crippen molar-refractivity contribution in [2.24, 2.45) is 5.41 Å².